The van der Waals surface area contributed by atoms with Gasteiger partial charge in [-0.15, -0.1) is 11.6 Å². The van der Waals surface area contributed by atoms with E-state index in [4.69, 9.17) is 11.6 Å². The van der Waals surface area contributed by atoms with Gasteiger partial charge in [-0.3, -0.25) is 9.59 Å². The molecule has 0 unspecified atom stereocenters. The summed E-state index contributed by atoms with van der Waals surface area (Å²) in [6, 6.07) is 0. The van der Waals surface area contributed by atoms with E-state index < -0.39 is 0 Å². The monoisotopic (exact) mass is 149 g/mol. The number of carbonyl (C=O) groups excluding carboxylic acids is 2. The molecule has 0 aliphatic heterocycles. The molecule has 0 heterocycles. The zero-order chi connectivity index (χ0) is 7.28. The molecule has 0 aromatic rings. The van der Waals surface area contributed by atoms with Crippen LogP contribution in [-0.4, -0.2) is 24.1 Å². The molecule has 0 radical (unpaired) electrons. The summed E-state index contributed by atoms with van der Waals surface area (Å²) in [7, 11) is 0. The molecule has 0 aromatic carbocycles. The minimum absolute atomic E-state index is 0.0750. The third kappa shape index (κ3) is 5.30. The minimum atomic E-state index is -0.313. The Bertz CT molecular complexity index is 124. The van der Waals surface area contributed by atoms with Crippen LogP contribution in [0.1, 0.15) is 6.92 Å². The van der Waals surface area contributed by atoms with Crippen LogP contribution in [0.15, 0.2) is 0 Å². The second-order valence-electron chi connectivity index (χ2n) is 1.61. The van der Waals surface area contributed by atoms with Gasteiger partial charge in [0, 0.05) is 0 Å². The van der Waals surface area contributed by atoms with Crippen molar-refractivity contribution in [3.05, 3.63) is 0 Å². The van der Waals surface area contributed by atoms with Crippen molar-refractivity contribution >= 4 is 23.3 Å². The van der Waals surface area contributed by atoms with Gasteiger partial charge in [0.2, 0.25) is 5.91 Å². The maximum absolute atomic E-state index is 10.3. The summed E-state index contributed by atoms with van der Waals surface area (Å²) in [6.07, 6.45) is 0. The third-order valence-electron chi connectivity index (χ3n) is 0.656. The van der Waals surface area contributed by atoms with Gasteiger partial charge in [-0.1, -0.05) is 0 Å². The zero-order valence-electron chi connectivity index (χ0n) is 5.11. The van der Waals surface area contributed by atoms with Gasteiger partial charge < -0.3 is 5.32 Å². The number of nitrogens with one attached hydrogen (secondary N) is 1. The van der Waals surface area contributed by atoms with Crippen molar-refractivity contribution in [2.75, 3.05) is 12.4 Å². The van der Waals surface area contributed by atoms with E-state index in [1.165, 1.54) is 6.92 Å². The van der Waals surface area contributed by atoms with Gasteiger partial charge in [-0.25, -0.2) is 0 Å². The summed E-state index contributed by atoms with van der Waals surface area (Å²) < 4.78 is 0. The lowest BCUT2D eigenvalue weighted by Crippen LogP contribution is -2.28. The van der Waals surface area contributed by atoms with Crippen LogP contribution in [0.25, 0.3) is 0 Å². The van der Waals surface area contributed by atoms with Crippen molar-refractivity contribution < 1.29 is 9.59 Å². The first-order chi connectivity index (χ1) is 4.16. The molecular formula is C5H8ClNO2. The van der Waals surface area contributed by atoms with E-state index in [9.17, 15) is 9.59 Å². The minimum Gasteiger partial charge on any atom is -0.348 e. The maximum Gasteiger partial charge on any atom is 0.235 e. The lowest BCUT2D eigenvalue weighted by molar-refractivity contribution is -0.122. The van der Waals surface area contributed by atoms with Crippen molar-refractivity contribution in [3.63, 3.8) is 0 Å². The fourth-order valence-electron chi connectivity index (χ4n) is 0.270. The van der Waals surface area contributed by atoms with Crippen LogP contribution in [-0.2, 0) is 9.59 Å². The number of carbonyl (C=O) groups is 2. The Kier molecular flexibility index (Phi) is 4.05. The SMILES string of the molecule is CC(=O)CNC(=O)CCl. The summed E-state index contributed by atoms with van der Waals surface area (Å²) in [6.45, 7) is 1.47. The highest BCUT2D eigenvalue weighted by Crippen LogP contribution is 1.73. The summed E-state index contributed by atoms with van der Waals surface area (Å²) in [5.41, 5.74) is 0. The second kappa shape index (κ2) is 4.32. The normalized spacial score (nSPS) is 8.67. The maximum atomic E-state index is 10.3. The number of amides is 1. The van der Waals surface area contributed by atoms with Crippen molar-refractivity contribution in [2.24, 2.45) is 0 Å². The molecular weight excluding hydrogens is 142 g/mol. The first-order valence-corrected chi connectivity index (χ1v) is 3.02. The van der Waals surface area contributed by atoms with Gasteiger partial charge in [-0.05, 0) is 6.92 Å². The highest BCUT2D eigenvalue weighted by molar-refractivity contribution is 6.27. The molecule has 0 aliphatic carbocycles. The quantitative estimate of drug-likeness (QED) is 0.571. The molecule has 0 spiro atoms. The van der Waals surface area contributed by atoms with Gasteiger partial charge in [0.1, 0.15) is 11.7 Å². The van der Waals surface area contributed by atoms with Crippen LogP contribution in [0.2, 0.25) is 0 Å². The molecule has 0 rings (SSSR count). The highest BCUT2D eigenvalue weighted by Gasteiger charge is 1.97. The van der Waals surface area contributed by atoms with Crippen molar-refractivity contribution in [1.82, 2.24) is 5.32 Å². The van der Waals surface area contributed by atoms with E-state index in [2.05, 4.69) is 5.32 Å². The van der Waals surface area contributed by atoms with Crippen molar-refractivity contribution in [2.45, 2.75) is 6.92 Å². The first-order valence-electron chi connectivity index (χ1n) is 2.49. The molecule has 1 amide bonds. The van der Waals surface area contributed by atoms with Crippen LogP contribution in [0.3, 0.4) is 0 Å². The van der Waals surface area contributed by atoms with Gasteiger partial charge in [0.05, 0.1) is 6.54 Å². The second-order valence-corrected chi connectivity index (χ2v) is 1.88. The molecule has 9 heavy (non-hydrogen) atoms. The average molecular weight is 150 g/mol. The Balaban J connectivity index is 3.28. The molecule has 0 saturated carbocycles. The molecule has 4 heteroatoms. The van der Waals surface area contributed by atoms with Crippen LogP contribution in [0, 0.1) is 0 Å². The standard InChI is InChI=1S/C5H8ClNO2/c1-4(8)3-7-5(9)2-6/h2-3H2,1H3,(H,7,9). The summed E-state index contributed by atoms with van der Waals surface area (Å²) >= 11 is 5.11. The largest absolute Gasteiger partial charge is 0.348 e. The smallest absolute Gasteiger partial charge is 0.235 e. The molecule has 0 aromatic heterocycles. The lowest BCUT2D eigenvalue weighted by atomic mass is 10.4. The number of hydrogen-bond donors (Lipinski definition) is 1. The number of ketones is 1. The first kappa shape index (κ1) is 8.43. The third-order valence-corrected chi connectivity index (χ3v) is 0.899. The van der Waals surface area contributed by atoms with E-state index >= 15 is 0 Å². The number of alkyl halides is 1. The molecule has 0 aliphatic rings. The lowest BCUT2D eigenvalue weighted by Gasteiger charge is -1.95. The summed E-state index contributed by atoms with van der Waals surface area (Å²) in [5, 5.41) is 2.31. The molecule has 3 nitrogen and oxygen atoms in total. The number of Topliss-reactive ketones (excluding diaryl/α,β-unsaturated/α-hetero) is 1. The average Bonchev–Trinajstić information content (AvgIpc) is 1.83. The molecule has 52 valence electrons. The fourth-order valence-corrected chi connectivity index (χ4v) is 0.365. The summed E-state index contributed by atoms with van der Waals surface area (Å²) in [4.78, 5) is 20.5. The van der Waals surface area contributed by atoms with Gasteiger partial charge in [0.25, 0.3) is 0 Å². The molecule has 0 atom stereocenters. The van der Waals surface area contributed by atoms with Crippen LogP contribution in [0.5, 0.6) is 0 Å². The van der Waals surface area contributed by atoms with Crippen LogP contribution < -0.4 is 5.32 Å². The van der Waals surface area contributed by atoms with Gasteiger partial charge in [0.15, 0.2) is 0 Å². The predicted octanol–water partition coefficient (Wildman–Crippen LogP) is -0.0696. The van der Waals surface area contributed by atoms with Crippen molar-refractivity contribution in [1.29, 1.82) is 0 Å². The van der Waals surface area contributed by atoms with Crippen LogP contribution >= 0.6 is 11.6 Å². The number of hydrogen-bond acceptors (Lipinski definition) is 2. The Labute approximate surface area is 58.4 Å². The van der Waals surface area contributed by atoms with E-state index in [0.29, 0.717) is 0 Å². The van der Waals surface area contributed by atoms with E-state index in [-0.39, 0.29) is 24.1 Å². The Morgan fingerprint density at radius 1 is 1.56 bits per heavy atom. The predicted molar refractivity (Wildman–Crippen MR) is 34.4 cm³/mol. The molecule has 0 bridgehead atoms. The van der Waals surface area contributed by atoms with Crippen molar-refractivity contribution in [3.8, 4) is 0 Å². The number of rotatable bonds is 3. The fraction of sp³-hybridized carbons (Fsp3) is 0.600. The van der Waals surface area contributed by atoms with E-state index in [0.717, 1.165) is 0 Å². The summed E-state index contributed by atoms with van der Waals surface area (Å²) in [5.74, 6) is -0.479. The molecule has 1 N–H and O–H groups in total. The zero-order valence-corrected chi connectivity index (χ0v) is 5.86. The molecule has 0 saturated heterocycles. The van der Waals surface area contributed by atoms with E-state index in [1.54, 1.807) is 0 Å². The topological polar surface area (TPSA) is 46.2 Å². The van der Waals surface area contributed by atoms with E-state index in [1.807, 2.05) is 0 Å². The molecule has 0 fully saturated rings. The van der Waals surface area contributed by atoms with Crippen LogP contribution in [0.4, 0.5) is 0 Å². The van der Waals surface area contributed by atoms with Gasteiger partial charge in [-0.2, -0.15) is 0 Å². The number of halogens is 1. The highest BCUT2D eigenvalue weighted by atomic mass is 35.5. The Morgan fingerprint density at radius 2 is 2.11 bits per heavy atom. The Hall–Kier alpha value is -0.570. The Morgan fingerprint density at radius 3 is 2.44 bits per heavy atom. The van der Waals surface area contributed by atoms with Gasteiger partial charge >= 0.3 is 0 Å².